The number of pyridine rings is 1. The van der Waals surface area contributed by atoms with Crippen molar-refractivity contribution in [3.63, 3.8) is 0 Å². The lowest BCUT2D eigenvalue weighted by molar-refractivity contribution is -0.0164. The highest BCUT2D eigenvalue weighted by Gasteiger charge is 2.35. The minimum atomic E-state index is -0.765. The summed E-state index contributed by atoms with van der Waals surface area (Å²) in [5, 5.41) is 15.3. The maximum absolute atomic E-state index is 13.2. The molecule has 0 bridgehead atoms. The molecule has 1 aromatic carbocycles. The van der Waals surface area contributed by atoms with Gasteiger partial charge >= 0.3 is 0 Å². The van der Waals surface area contributed by atoms with Gasteiger partial charge in [-0.15, -0.1) is 0 Å². The van der Waals surface area contributed by atoms with Crippen molar-refractivity contribution in [2.24, 2.45) is 7.05 Å². The summed E-state index contributed by atoms with van der Waals surface area (Å²) in [4.78, 5) is 19.1. The Labute approximate surface area is 164 Å². The normalized spacial score (nSPS) is 16.1. The molecule has 3 heterocycles. The van der Waals surface area contributed by atoms with E-state index < -0.39 is 5.60 Å². The third kappa shape index (κ3) is 3.68. The molecule has 1 amide bonds. The zero-order valence-corrected chi connectivity index (χ0v) is 16.0. The number of aryl methyl sites for hydroxylation is 1. The van der Waals surface area contributed by atoms with Crippen LogP contribution in [0.2, 0.25) is 0 Å². The predicted molar refractivity (Wildman–Crippen MR) is 107 cm³/mol. The van der Waals surface area contributed by atoms with Crippen LogP contribution in [-0.2, 0) is 13.5 Å². The molecule has 0 saturated carbocycles. The number of carbonyl (C=O) groups excluding carboxylic acids is 1. The maximum atomic E-state index is 13.2. The van der Waals surface area contributed by atoms with Crippen molar-refractivity contribution in [3.05, 3.63) is 72.3 Å². The molecular weight excluding hydrogens is 352 g/mol. The summed E-state index contributed by atoms with van der Waals surface area (Å²) >= 11 is 0. The molecule has 1 saturated heterocycles. The zero-order chi connectivity index (χ0) is 19.6. The lowest BCUT2D eigenvalue weighted by Crippen LogP contribution is -2.48. The Morgan fingerprint density at radius 2 is 1.79 bits per heavy atom. The van der Waals surface area contributed by atoms with E-state index in [1.54, 1.807) is 30.3 Å². The average molecular weight is 376 g/mol. The largest absolute Gasteiger partial charge is 0.389 e. The Kier molecular flexibility index (Phi) is 4.96. The fourth-order valence-electron chi connectivity index (χ4n) is 3.86. The fraction of sp³-hybridized carbons (Fsp3) is 0.318. The molecule has 144 valence electrons. The van der Waals surface area contributed by atoms with Crippen molar-refractivity contribution in [1.29, 1.82) is 0 Å². The molecule has 0 spiro atoms. The summed E-state index contributed by atoms with van der Waals surface area (Å²) < 4.78 is 1.63. The molecule has 0 unspecified atom stereocenters. The van der Waals surface area contributed by atoms with Gasteiger partial charge in [-0.1, -0.05) is 30.3 Å². The van der Waals surface area contributed by atoms with Crippen molar-refractivity contribution in [2.75, 3.05) is 13.1 Å². The van der Waals surface area contributed by atoms with E-state index in [0.717, 1.165) is 16.7 Å². The molecule has 28 heavy (non-hydrogen) atoms. The molecule has 4 rings (SSSR count). The summed E-state index contributed by atoms with van der Waals surface area (Å²) in [6, 6.07) is 13.8. The Morgan fingerprint density at radius 1 is 1.11 bits per heavy atom. The minimum absolute atomic E-state index is 0.0476. The number of nitrogens with zero attached hydrogens (tertiary/aromatic N) is 4. The Bertz CT molecular complexity index is 945. The van der Waals surface area contributed by atoms with Gasteiger partial charge in [-0.25, -0.2) is 0 Å². The molecule has 6 heteroatoms. The molecule has 1 N–H and O–H groups in total. The summed E-state index contributed by atoms with van der Waals surface area (Å²) in [6.07, 6.45) is 6.89. The second kappa shape index (κ2) is 7.56. The topological polar surface area (TPSA) is 71.2 Å². The van der Waals surface area contributed by atoms with E-state index >= 15 is 0 Å². The number of amides is 1. The van der Waals surface area contributed by atoms with E-state index in [1.165, 1.54) is 0 Å². The number of benzene rings is 1. The van der Waals surface area contributed by atoms with Crippen LogP contribution in [0.3, 0.4) is 0 Å². The molecule has 0 atom stereocenters. The predicted octanol–water partition coefficient (Wildman–Crippen LogP) is 2.69. The van der Waals surface area contributed by atoms with Gasteiger partial charge in [0.05, 0.1) is 11.8 Å². The molecular formula is C22H24N4O2. The highest BCUT2D eigenvalue weighted by atomic mass is 16.3. The first-order valence-corrected chi connectivity index (χ1v) is 9.54. The van der Waals surface area contributed by atoms with Crippen LogP contribution in [0.1, 0.15) is 28.9 Å². The molecule has 3 aromatic rings. The highest BCUT2D eigenvalue weighted by Crippen LogP contribution is 2.29. The highest BCUT2D eigenvalue weighted by molar-refractivity contribution is 5.99. The van der Waals surface area contributed by atoms with Gasteiger partial charge < -0.3 is 10.0 Å². The van der Waals surface area contributed by atoms with Gasteiger partial charge in [-0.3, -0.25) is 14.5 Å². The monoisotopic (exact) mass is 376 g/mol. The number of rotatable bonds is 4. The molecule has 0 radical (unpaired) electrons. The molecule has 1 aliphatic heterocycles. The van der Waals surface area contributed by atoms with E-state index in [4.69, 9.17) is 0 Å². The standard InChI is InChI=1S/C22H24N4O2/c1-25-20(19(16-24-25)18-7-11-23-12-8-18)21(27)26-13-9-22(28,10-14-26)15-17-5-3-2-4-6-17/h2-8,11-12,16,28H,9-10,13-15H2,1H3. The second-order valence-electron chi connectivity index (χ2n) is 7.45. The number of aliphatic hydroxyl groups is 1. The number of hydrogen-bond donors (Lipinski definition) is 1. The van der Waals surface area contributed by atoms with Crippen LogP contribution in [-0.4, -0.2) is 49.4 Å². The van der Waals surface area contributed by atoms with Crippen molar-refractivity contribution >= 4 is 5.91 Å². The lowest BCUT2D eigenvalue weighted by atomic mass is 9.85. The first-order chi connectivity index (χ1) is 13.6. The maximum Gasteiger partial charge on any atom is 0.272 e. The van der Waals surface area contributed by atoms with Crippen LogP contribution in [0.25, 0.3) is 11.1 Å². The van der Waals surface area contributed by atoms with E-state index in [0.29, 0.717) is 38.0 Å². The smallest absolute Gasteiger partial charge is 0.272 e. The Balaban J connectivity index is 1.49. The number of piperidine rings is 1. The third-order valence-corrected chi connectivity index (χ3v) is 5.49. The van der Waals surface area contributed by atoms with Gasteiger partial charge in [0.1, 0.15) is 5.69 Å². The lowest BCUT2D eigenvalue weighted by Gasteiger charge is -2.38. The summed E-state index contributed by atoms with van der Waals surface area (Å²) in [6.45, 7) is 1.06. The molecule has 1 fully saturated rings. The van der Waals surface area contributed by atoms with Crippen LogP contribution in [0.4, 0.5) is 0 Å². The van der Waals surface area contributed by atoms with Gasteiger partial charge in [-0.2, -0.15) is 5.10 Å². The fourth-order valence-corrected chi connectivity index (χ4v) is 3.86. The van der Waals surface area contributed by atoms with Gasteiger partial charge in [-0.05, 0) is 36.1 Å². The summed E-state index contributed by atoms with van der Waals surface area (Å²) in [5.41, 5.74) is 2.65. The third-order valence-electron chi connectivity index (χ3n) is 5.49. The van der Waals surface area contributed by atoms with Gasteiger partial charge in [0.2, 0.25) is 0 Å². The Hall–Kier alpha value is -2.99. The Morgan fingerprint density at radius 3 is 2.46 bits per heavy atom. The van der Waals surface area contributed by atoms with E-state index in [-0.39, 0.29) is 5.91 Å². The minimum Gasteiger partial charge on any atom is -0.389 e. The van der Waals surface area contributed by atoms with Crippen LogP contribution in [0.15, 0.2) is 61.1 Å². The molecule has 6 nitrogen and oxygen atoms in total. The van der Waals surface area contributed by atoms with Gasteiger partial charge in [0, 0.05) is 44.5 Å². The zero-order valence-electron chi connectivity index (χ0n) is 16.0. The quantitative estimate of drug-likeness (QED) is 0.760. The number of likely N-dealkylation sites (tertiary alicyclic amines) is 1. The first-order valence-electron chi connectivity index (χ1n) is 9.54. The van der Waals surface area contributed by atoms with Gasteiger partial charge in [0.25, 0.3) is 5.91 Å². The molecule has 1 aliphatic rings. The van der Waals surface area contributed by atoms with Crippen LogP contribution in [0, 0.1) is 0 Å². The number of carbonyl (C=O) groups is 1. The summed E-state index contributed by atoms with van der Waals surface area (Å²) in [7, 11) is 1.79. The van der Waals surface area contributed by atoms with Crippen molar-refractivity contribution in [2.45, 2.75) is 24.9 Å². The van der Waals surface area contributed by atoms with Crippen molar-refractivity contribution < 1.29 is 9.90 Å². The van der Waals surface area contributed by atoms with Crippen molar-refractivity contribution in [1.82, 2.24) is 19.7 Å². The number of hydrogen-bond acceptors (Lipinski definition) is 4. The number of aromatic nitrogens is 3. The van der Waals surface area contributed by atoms with Crippen LogP contribution in [0.5, 0.6) is 0 Å². The average Bonchev–Trinajstić information content (AvgIpc) is 3.11. The molecule has 0 aliphatic carbocycles. The van der Waals surface area contributed by atoms with Crippen molar-refractivity contribution in [3.8, 4) is 11.1 Å². The first kappa shape index (κ1) is 18.4. The summed E-state index contributed by atoms with van der Waals surface area (Å²) in [5.74, 6) is -0.0476. The van der Waals surface area contributed by atoms with Crippen LogP contribution >= 0.6 is 0 Å². The van der Waals surface area contributed by atoms with Crippen LogP contribution < -0.4 is 0 Å². The van der Waals surface area contributed by atoms with Gasteiger partial charge in [0.15, 0.2) is 0 Å². The van der Waals surface area contributed by atoms with E-state index in [1.807, 2.05) is 47.4 Å². The van der Waals surface area contributed by atoms with E-state index in [9.17, 15) is 9.90 Å². The second-order valence-corrected chi connectivity index (χ2v) is 7.45. The van der Waals surface area contributed by atoms with E-state index in [2.05, 4.69) is 10.1 Å². The SMILES string of the molecule is Cn1ncc(-c2ccncc2)c1C(=O)N1CCC(O)(Cc2ccccc2)CC1. The molecule has 2 aromatic heterocycles.